The monoisotopic (exact) mass is 451 g/mol. The SMILES string of the molecule is C[C@H](O)C(=O)O.O.O.O.[NH-]C[C@@H]1CC[C@H]1C[NH-].[Pt+2]. The van der Waals surface area contributed by atoms with E-state index in [4.69, 9.17) is 21.7 Å². The van der Waals surface area contributed by atoms with Gasteiger partial charge in [-0.25, -0.2) is 4.79 Å². The third-order valence-corrected chi connectivity index (χ3v) is 2.46. The Balaban J connectivity index is -0.0000000527. The molecule has 8 nitrogen and oxygen atoms in total. The molecule has 0 amide bonds. The van der Waals surface area contributed by atoms with Gasteiger partial charge in [0.1, 0.15) is 6.10 Å². The quantitative estimate of drug-likeness (QED) is 0.561. The molecule has 1 fully saturated rings. The summed E-state index contributed by atoms with van der Waals surface area (Å²) < 4.78 is 0. The molecular weight excluding hydrogens is 427 g/mol. The van der Waals surface area contributed by atoms with Crippen LogP contribution in [0.25, 0.3) is 11.5 Å². The number of carboxylic acid groups (broad SMARTS) is 1. The van der Waals surface area contributed by atoms with Crippen LogP contribution in [0, 0.1) is 11.8 Å². The van der Waals surface area contributed by atoms with Crippen molar-refractivity contribution in [2.45, 2.75) is 25.9 Å². The van der Waals surface area contributed by atoms with Crippen molar-refractivity contribution in [3.05, 3.63) is 11.5 Å². The van der Waals surface area contributed by atoms with E-state index in [-0.39, 0.29) is 37.5 Å². The zero-order valence-corrected chi connectivity index (χ0v) is 12.5. The zero-order valence-electron chi connectivity index (χ0n) is 10.2. The maximum Gasteiger partial charge on any atom is 2.00 e. The van der Waals surface area contributed by atoms with Crippen LogP contribution in [0.2, 0.25) is 0 Å². The molecule has 0 saturated heterocycles. The van der Waals surface area contributed by atoms with Gasteiger partial charge in [0.2, 0.25) is 0 Å². The number of rotatable bonds is 3. The molecule has 0 aromatic heterocycles. The normalized spacial score (nSPS) is 20.9. The number of carbonyl (C=O) groups is 1. The predicted molar refractivity (Wildman–Crippen MR) is 64.7 cm³/mol. The number of aliphatic hydroxyl groups is 1. The van der Waals surface area contributed by atoms with Crippen LogP contribution >= 0.6 is 0 Å². The molecule has 0 aromatic rings. The Bertz CT molecular complexity index is 170. The molecular formula is C9H24N2O6Pt. The van der Waals surface area contributed by atoms with Crippen molar-refractivity contribution in [2.75, 3.05) is 13.1 Å². The molecule has 0 heterocycles. The van der Waals surface area contributed by atoms with Gasteiger partial charge < -0.3 is 38.1 Å². The van der Waals surface area contributed by atoms with Crippen LogP contribution in [0.4, 0.5) is 0 Å². The minimum Gasteiger partial charge on any atom is -0.677 e. The molecule has 0 aromatic carbocycles. The second kappa shape index (κ2) is 16.9. The maximum absolute atomic E-state index is 9.45. The van der Waals surface area contributed by atoms with Crippen LogP contribution in [0.1, 0.15) is 19.8 Å². The van der Waals surface area contributed by atoms with Crippen molar-refractivity contribution in [1.82, 2.24) is 0 Å². The van der Waals surface area contributed by atoms with E-state index in [0.29, 0.717) is 24.9 Å². The van der Waals surface area contributed by atoms with Gasteiger partial charge in [0.15, 0.2) is 0 Å². The number of hydrogen-bond donors (Lipinski definition) is 2. The van der Waals surface area contributed by atoms with Crippen molar-refractivity contribution in [2.24, 2.45) is 11.8 Å². The van der Waals surface area contributed by atoms with E-state index in [0.717, 1.165) is 0 Å². The summed E-state index contributed by atoms with van der Waals surface area (Å²) in [5.74, 6) is -0.0324. The average Bonchev–Trinajstić information content (AvgIpc) is 2.05. The number of aliphatic hydroxyl groups excluding tert-OH is 1. The van der Waals surface area contributed by atoms with E-state index >= 15 is 0 Å². The Kier molecular flexibility index (Phi) is 28.9. The molecule has 0 aliphatic heterocycles. The van der Waals surface area contributed by atoms with E-state index in [9.17, 15) is 4.79 Å². The molecule has 1 rings (SSSR count). The number of nitrogens with one attached hydrogen (secondary N) is 2. The Labute approximate surface area is 121 Å². The third kappa shape index (κ3) is 12.4. The molecule has 10 N–H and O–H groups in total. The molecule has 116 valence electrons. The molecule has 0 unspecified atom stereocenters. The first-order valence-corrected chi connectivity index (χ1v) is 4.73. The molecule has 18 heavy (non-hydrogen) atoms. The van der Waals surface area contributed by atoms with Crippen molar-refractivity contribution in [3.8, 4) is 0 Å². The van der Waals surface area contributed by atoms with Crippen LogP contribution in [0.3, 0.4) is 0 Å². The van der Waals surface area contributed by atoms with Gasteiger partial charge >= 0.3 is 27.0 Å². The fraction of sp³-hybridized carbons (Fsp3) is 0.889. The van der Waals surface area contributed by atoms with E-state index in [2.05, 4.69) is 0 Å². The van der Waals surface area contributed by atoms with Crippen molar-refractivity contribution < 1.29 is 52.5 Å². The van der Waals surface area contributed by atoms with Gasteiger partial charge in [0, 0.05) is 0 Å². The molecule has 3 atom stereocenters. The Morgan fingerprint density at radius 1 is 1.17 bits per heavy atom. The summed E-state index contributed by atoms with van der Waals surface area (Å²) in [6, 6.07) is 0. The molecule has 0 bridgehead atoms. The fourth-order valence-electron chi connectivity index (χ4n) is 1.18. The summed E-state index contributed by atoms with van der Waals surface area (Å²) in [7, 11) is 0. The first-order chi connectivity index (χ1) is 6.52. The minimum atomic E-state index is -1.23. The van der Waals surface area contributed by atoms with Gasteiger partial charge in [-0.05, 0) is 6.92 Å². The van der Waals surface area contributed by atoms with Gasteiger partial charge in [-0.3, -0.25) is 0 Å². The maximum atomic E-state index is 9.45. The van der Waals surface area contributed by atoms with Crippen molar-refractivity contribution in [1.29, 1.82) is 0 Å². The minimum absolute atomic E-state index is 0. The van der Waals surface area contributed by atoms with Gasteiger partial charge in [-0.15, -0.1) is 13.1 Å². The standard InChI is InChI=1S/C6H12N2.C3H6O3.3H2O.Pt/c7-3-5-1-2-6(5)4-8;1-2(4)3(5)6;;;;/h5-8H,1-4H2;2,4H,1H3,(H,5,6);3*1H2;/q-2;;;;;+2/t5-,6-;2-;;;;/m00..../s1. The van der Waals surface area contributed by atoms with Gasteiger partial charge in [0.25, 0.3) is 0 Å². The van der Waals surface area contributed by atoms with Crippen LogP contribution < -0.4 is 0 Å². The van der Waals surface area contributed by atoms with Crippen LogP contribution in [-0.4, -0.2) is 51.8 Å². The number of carboxylic acids is 1. The zero-order chi connectivity index (χ0) is 11.1. The summed E-state index contributed by atoms with van der Waals surface area (Å²) in [4.78, 5) is 9.45. The molecule has 0 spiro atoms. The van der Waals surface area contributed by atoms with Crippen molar-refractivity contribution >= 4 is 5.97 Å². The van der Waals surface area contributed by atoms with E-state index < -0.39 is 12.1 Å². The summed E-state index contributed by atoms with van der Waals surface area (Å²) in [5.41, 5.74) is 14.0. The number of aliphatic carboxylic acids is 1. The second-order valence-electron chi connectivity index (χ2n) is 3.52. The Morgan fingerprint density at radius 2 is 1.39 bits per heavy atom. The average molecular weight is 451 g/mol. The van der Waals surface area contributed by atoms with Crippen LogP contribution in [-0.2, 0) is 25.9 Å². The molecule has 1 aliphatic carbocycles. The van der Waals surface area contributed by atoms with Crippen LogP contribution in [0.15, 0.2) is 0 Å². The third-order valence-electron chi connectivity index (χ3n) is 2.46. The van der Waals surface area contributed by atoms with E-state index in [1.807, 2.05) is 0 Å². The first kappa shape index (κ1) is 30.7. The Hall–Kier alpha value is -0.0817. The molecule has 1 aliphatic rings. The van der Waals surface area contributed by atoms with E-state index in [1.54, 1.807) is 0 Å². The molecule has 1 saturated carbocycles. The summed E-state index contributed by atoms with van der Waals surface area (Å²) in [5, 5.41) is 15.8. The van der Waals surface area contributed by atoms with Gasteiger partial charge in [-0.2, -0.15) is 0 Å². The second-order valence-corrected chi connectivity index (χ2v) is 3.52. The first-order valence-electron chi connectivity index (χ1n) is 4.73. The smallest absolute Gasteiger partial charge is 0.677 e. The topological polar surface area (TPSA) is 200 Å². The summed E-state index contributed by atoms with van der Waals surface area (Å²) in [6.07, 6.45) is 1.17. The predicted octanol–water partition coefficient (Wildman–Crippen LogP) is -0.908. The number of hydrogen-bond acceptors (Lipinski definition) is 2. The summed E-state index contributed by atoms with van der Waals surface area (Å²) in [6.45, 7) is 2.29. The molecule has 0 radical (unpaired) electrons. The molecule has 9 heteroatoms. The van der Waals surface area contributed by atoms with E-state index in [1.165, 1.54) is 19.8 Å². The van der Waals surface area contributed by atoms with Gasteiger partial charge in [0.05, 0.1) is 0 Å². The van der Waals surface area contributed by atoms with Crippen LogP contribution in [0.5, 0.6) is 0 Å². The largest absolute Gasteiger partial charge is 2.00 e. The van der Waals surface area contributed by atoms with Gasteiger partial charge in [-0.1, -0.05) is 24.7 Å². The fourth-order valence-corrected chi connectivity index (χ4v) is 1.18. The summed E-state index contributed by atoms with van der Waals surface area (Å²) >= 11 is 0. The van der Waals surface area contributed by atoms with Crippen molar-refractivity contribution in [3.63, 3.8) is 0 Å². The Morgan fingerprint density at radius 3 is 1.44 bits per heavy atom.